The van der Waals surface area contributed by atoms with Gasteiger partial charge >= 0.3 is 12.1 Å². The zero-order chi connectivity index (χ0) is 29.6. The number of hydrogen-bond donors (Lipinski definition) is 1. The standard InChI is InChI=1S/C30H28ClF3N2O4/c1-17(2)14-15-35-22-12-10-18(31)16-21(22)29(3,4)23(35)13-11-20-25(30(32,33)34)24(28(39)40)27(38)36(26(20)37)19-8-6-5-7-9-19/h5-13,16-17H,14-15H2,1-4H3,(H,39,40)/b20-11-,23-13+. The Morgan fingerprint density at radius 1 is 1.05 bits per heavy atom. The Hall–Kier alpha value is -3.85. The second-order valence-electron chi connectivity index (χ2n) is 10.6. The van der Waals surface area contributed by atoms with E-state index in [1.54, 1.807) is 18.2 Å². The first-order valence-electron chi connectivity index (χ1n) is 12.6. The van der Waals surface area contributed by atoms with E-state index in [9.17, 15) is 32.7 Å². The van der Waals surface area contributed by atoms with E-state index in [0.717, 1.165) is 23.7 Å². The Bertz CT molecular complexity index is 1470. The number of hydrogen-bond acceptors (Lipinski definition) is 4. The molecule has 2 aliphatic rings. The smallest absolute Gasteiger partial charge is 0.418 e. The molecule has 10 heteroatoms. The van der Waals surface area contributed by atoms with Crippen molar-refractivity contribution in [1.82, 2.24) is 0 Å². The largest absolute Gasteiger partial charge is 0.477 e. The monoisotopic (exact) mass is 572 g/mol. The van der Waals surface area contributed by atoms with E-state index in [0.29, 0.717) is 28.1 Å². The highest BCUT2D eigenvalue weighted by molar-refractivity contribution is 6.37. The molecule has 2 amide bonds. The quantitative estimate of drug-likeness (QED) is 0.234. The number of aliphatic carboxylic acids is 1. The first-order chi connectivity index (χ1) is 18.7. The second kappa shape index (κ2) is 10.6. The zero-order valence-electron chi connectivity index (χ0n) is 22.3. The number of amides is 2. The van der Waals surface area contributed by atoms with Gasteiger partial charge in [0, 0.05) is 28.4 Å². The van der Waals surface area contributed by atoms with Crippen molar-refractivity contribution in [3.8, 4) is 0 Å². The van der Waals surface area contributed by atoms with Crippen LogP contribution in [0.25, 0.3) is 0 Å². The summed E-state index contributed by atoms with van der Waals surface area (Å²) in [6.07, 6.45) is -2.13. The Morgan fingerprint density at radius 2 is 1.70 bits per heavy atom. The van der Waals surface area contributed by atoms with Crippen LogP contribution in [0.4, 0.5) is 24.5 Å². The van der Waals surface area contributed by atoms with Gasteiger partial charge in [-0.3, -0.25) is 9.59 Å². The molecule has 2 aliphatic heterocycles. The Morgan fingerprint density at radius 3 is 2.27 bits per heavy atom. The summed E-state index contributed by atoms with van der Waals surface area (Å²) in [4.78, 5) is 41.0. The second-order valence-corrected chi connectivity index (χ2v) is 11.0. The summed E-state index contributed by atoms with van der Waals surface area (Å²) in [7, 11) is 0. The van der Waals surface area contributed by atoms with Crippen molar-refractivity contribution >= 4 is 40.8 Å². The van der Waals surface area contributed by atoms with Crippen molar-refractivity contribution in [3.63, 3.8) is 0 Å². The van der Waals surface area contributed by atoms with Crippen molar-refractivity contribution in [2.24, 2.45) is 5.92 Å². The molecule has 2 aromatic carbocycles. The van der Waals surface area contributed by atoms with Crippen LogP contribution in [-0.4, -0.2) is 35.6 Å². The summed E-state index contributed by atoms with van der Waals surface area (Å²) in [6, 6.07) is 12.6. The summed E-state index contributed by atoms with van der Waals surface area (Å²) in [5.41, 5.74) is -2.67. The first kappa shape index (κ1) is 29.1. The highest BCUT2D eigenvalue weighted by Gasteiger charge is 2.51. The van der Waals surface area contributed by atoms with Gasteiger partial charge in [0.2, 0.25) is 0 Å². The summed E-state index contributed by atoms with van der Waals surface area (Å²) in [5.74, 6) is -4.56. The molecule has 0 atom stereocenters. The van der Waals surface area contributed by atoms with Crippen molar-refractivity contribution in [3.05, 3.63) is 93.7 Å². The van der Waals surface area contributed by atoms with Crippen LogP contribution in [0.15, 0.2) is 83.1 Å². The highest BCUT2D eigenvalue weighted by atomic mass is 35.5. The molecule has 0 bridgehead atoms. The minimum Gasteiger partial charge on any atom is -0.477 e. The molecular formula is C30H28ClF3N2O4. The average molecular weight is 573 g/mol. The lowest BCUT2D eigenvalue weighted by Gasteiger charge is -2.30. The van der Waals surface area contributed by atoms with E-state index in [4.69, 9.17) is 11.6 Å². The highest BCUT2D eigenvalue weighted by Crippen LogP contribution is 2.49. The number of carbonyl (C=O) groups is 3. The molecule has 0 spiro atoms. The fraction of sp³-hybridized carbons (Fsp3) is 0.300. The van der Waals surface area contributed by atoms with Gasteiger partial charge in [0.05, 0.1) is 16.8 Å². The summed E-state index contributed by atoms with van der Waals surface area (Å²) in [5, 5.41) is 10.2. The van der Waals surface area contributed by atoms with E-state index in [1.165, 1.54) is 30.3 Å². The van der Waals surface area contributed by atoms with Crippen molar-refractivity contribution in [2.45, 2.75) is 45.7 Å². The number of rotatable bonds is 6. The number of halogens is 4. The minimum atomic E-state index is -5.29. The number of imide groups is 1. The van der Waals surface area contributed by atoms with Crippen LogP contribution < -0.4 is 9.80 Å². The summed E-state index contributed by atoms with van der Waals surface area (Å²) in [6.45, 7) is 8.45. The molecule has 2 heterocycles. The molecule has 0 unspecified atom stereocenters. The maximum Gasteiger partial charge on any atom is 0.418 e. The molecule has 0 saturated heterocycles. The third kappa shape index (κ3) is 5.18. The molecule has 1 N–H and O–H groups in total. The average Bonchev–Trinajstić information content (AvgIpc) is 3.06. The van der Waals surface area contributed by atoms with Gasteiger partial charge in [-0.1, -0.05) is 57.5 Å². The fourth-order valence-electron chi connectivity index (χ4n) is 5.07. The summed E-state index contributed by atoms with van der Waals surface area (Å²) >= 11 is 6.28. The van der Waals surface area contributed by atoms with Gasteiger partial charge in [0.1, 0.15) is 5.57 Å². The number of alkyl halides is 3. The van der Waals surface area contributed by atoms with E-state index >= 15 is 0 Å². The van der Waals surface area contributed by atoms with Crippen molar-refractivity contribution in [2.75, 3.05) is 16.3 Å². The van der Waals surface area contributed by atoms with Crippen molar-refractivity contribution in [1.29, 1.82) is 0 Å². The van der Waals surface area contributed by atoms with Gasteiger partial charge in [-0.25, -0.2) is 9.69 Å². The van der Waals surface area contributed by atoms with E-state index in [2.05, 4.69) is 13.8 Å². The molecule has 40 heavy (non-hydrogen) atoms. The lowest BCUT2D eigenvalue weighted by atomic mass is 9.83. The van der Waals surface area contributed by atoms with Gasteiger partial charge in [-0.15, -0.1) is 0 Å². The molecule has 0 aromatic heterocycles. The SMILES string of the molecule is CC(C)CCN1/C(=C/C=C2\C(=O)N(c3ccccc3)C(=O)C(C(=O)O)=C2C(F)(F)F)C(C)(C)c2cc(Cl)ccc21. The fourth-order valence-corrected chi connectivity index (χ4v) is 5.24. The molecule has 0 fully saturated rings. The minimum absolute atomic E-state index is 0.0437. The van der Waals surface area contributed by atoms with E-state index in [-0.39, 0.29) is 5.69 Å². The predicted molar refractivity (Wildman–Crippen MR) is 147 cm³/mol. The number of fused-ring (bicyclic) bond motifs is 1. The lowest BCUT2D eigenvalue weighted by Crippen LogP contribution is -2.47. The molecule has 0 aliphatic carbocycles. The maximum absolute atomic E-state index is 14.3. The Kier molecular flexibility index (Phi) is 7.73. The predicted octanol–water partition coefficient (Wildman–Crippen LogP) is 6.81. The van der Waals surface area contributed by atoms with Crippen LogP contribution in [0.2, 0.25) is 5.02 Å². The number of anilines is 2. The first-order valence-corrected chi connectivity index (χ1v) is 13.0. The van der Waals surface area contributed by atoms with E-state index in [1.807, 2.05) is 24.8 Å². The lowest BCUT2D eigenvalue weighted by molar-refractivity contribution is -0.137. The van der Waals surface area contributed by atoms with Gasteiger partial charge in [0.15, 0.2) is 0 Å². The van der Waals surface area contributed by atoms with Crippen LogP contribution in [0, 0.1) is 5.92 Å². The van der Waals surface area contributed by atoms with Crippen LogP contribution in [0.3, 0.4) is 0 Å². The van der Waals surface area contributed by atoms with Gasteiger partial charge in [-0.05, 0) is 60.4 Å². The normalized spacial score (nSPS) is 19.3. The van der Waals surface area contributed by atoms with Crippen molar-refractivity contribution < 1.29 is 32.7 Å². The van der Waals surface area contributed by atoms with Crippen LogP contribution in [0.1, 0.15) is 39.7 Å². The summed E-state index contributed by atoms with van der Waals surface area (Å²) < 4.78 is 43.0. The molecule has 4 rings (SSSR count). The van der Waals surface area contributed by atoms with Crippen LogP contribution in [0.5, 0.6) is 0 Å². The van der Waals surface area contributed by atoms with Gasteiger partial charge in [0.25, 0.3) is 11.8 Å². The third-order valence-corrected chi connectivity index (χ3v) is 7.31. The number of carbonyl (C=O) groups excluding carboxylic acids is 2. The van der Waals surface area contributed by atoms with Crippen LogP contribution in [-0.2, 0) is 19.8 Å². The molecule has 0 saturated carbocycles. The van der Waals surface area contributed by atoms with Crippen LogP contribution >= 0.6 is 11.6 Å². The Labute approximate surface area is 235 Å². The molecule has 210 valence electrons. The van der Waals surface area contributed by atoms with E-state index < -0.39 is 46.1 Å². The number of carboxylic acids is 1. The molecule has 2 aromatic rings. The number of para-hydroxylation sites is 1. The number of allylic oxidation sites excluding steroid dienone is 3. The molecule has 0 radical (unpaired) electrons. The topological polar surface area (TPSA) is 77.9 Å². The van der Waals surface area contributed by atoms with Gasteiger partial charge < -0.3 is 10.0 Å². The van der Waals surface area contributed by atoms with Gasteiger partial charge in [-0.2, -0.15) is 13.2 Å². The number of benzene rings is 2. The molecule has 6 nitrogen and oxygen atoms in total. The third-order valence-electron chi connectivity index (χ3n) is 7.07. The number of carboxylic acid groups (broad SMARTS) is 1. The Balaban J connectivity index is 1.96. The zero-order valence-corrected chi connectivity index (χ0v) is 23.1. The number of nitrogens with zero attached hydrogens (tertiary/aromatic N) is 2. The maximum atomic E-state index is 14.3. The molecular weight excluding hydrogens is 545 g/mol.